The van der Waals surface area contributed by atoms with Crippen LogP contribution in [-0.2, 0) is 0 Å². The molecule has 0 fully saturated rings. The van der Waals surface area contributed by atoms with Crippen LogP contribution in [0.5, 0.6) is 5.75 Å². The van der Waals surface area contributed by atoms with Gasteiger partial charge in [-0.3, -0.25) is 20.2 Å². The minimum Gasteiger partial charge on any atom is -0.502 e. The number of aromatic hydroxyl groups is 1. The Hall–Kier alpha value is -2.38. The van der Waals surface area contributed by atoms with Crippen molar-refractivity contribution in [1.29, 1.82) is 0 Å². The minimum absolute atomic E-state index is 0.174. The molecule has 0 aliphatic heterocycles. The van der Waals surface area contributed by atoms with Crippen LogP contribution in [0.2, 0.25) is 0 Å². The van der Waals surface area contributed by atoms with Gasteiger partial charge in [-0.2, -0.15) is 0 Å². The molecule has 0 amide bonds. The molecule has 1 aromatic carbocycles. The number of phenols is 1. The van der Waals surface area contributed by atoms with Gasteiger partial charge in [0, 0.05) is 19.2 Å². The number of hydrogen-bond acceptors (Lipinski definition) is 6. The second-order valence-electron chi connectivity index (χ2n) is 3.52. The molecule has 1 N–H and O–H groups in total. The molecule has 0 aliphatic rings. The first-order chi connectivity index (χ1) is 8.42. The quantitative estimate of drug-likeness (QED) is 0.636. The van der Waals surface area contributed by atoms with Gasteiger partial charge in [-0.15, -0.1) is 0 Å². The summed E-state index contributed by atoms with van der Waals surface area (Å²) in [4.78, 5) is 21.6. The fourth-order valence-corrected chi connectivity index (χ4v) is 1.66. The highest BCUT2D eigenvalue weighted by Crippen LogP contribution is 2.38. The third-order valence-electron chi connectivity index (χ3n) is 2.57. The van der Waals surface area contributed by atoms with E-state index in [2.05, 4.69) is 0 Å². The SMILES string of the molecule is CCN(CC)c1cc(O)c([N+](=O)[O-])cc1[N+](=O)[O-]. The number of nitro groups is 2. The molecule has 1 aromatic rings. The first kappa shape index (κ1) is 13.7. The lowest BCUT2D eigenvalue weighted by Crippen LogP contribution is -2.22. The lowest BCUT2D eigenvalue weighted by Gasteiger charge is -2.20. The summed E-state index contributed by atoms with van der Waals surface area (Å²) in [6.07, 6.45) is 0. The van der Waals surface area contributed by atoms with E-state index in [1.54, 1.807) is 18.7 Å². The Kier molecular flexibility index (Phi) is 4.03. The molecule has 8 heteroatoms. The molecule has 0 spiro atoms. The van der Waals surface area contributed by atoms with Crippen molar-refractivity contribution >= 4 is 17.1 Å². The second-order valence-corrected chi connectivity index (χ2v) is 3.52. The summed E-state index contributed by atoms with van der Waals surface area (Å²) in [7, 11) is 0. The Bertz CT molecular complexity index is 485. The van der Waals surface area contributed by atoms with Crippen LogP contribution in [0, 0.1) is 20.2 Å². The molecule has 0 unspecified atom stereocenters. The van der Waals surface area contributed by atoms with E-state index in [1.165, 1.54) is 0 Å². The number of anilines is 1. The van der Waals surface area contributed by atoms with Gasteiger partial charge in [0.15, 0.2) is 5.75 Å². The Morgan fingerprint density at radius 2 is 1.61 bits per heavy atom. The van der Waals surface area contributed by atoms with Gasteiger partial charge in [0.2, 0.25) is 0 Å². The van der Waals surface area contributed by atoms with Gasteiger partial charge in [-0.1, -0.05) is 0 Å². The number of benzene rings is 1. The summed E-state index contributed by atoms with van der Waals surface area (Å²) in [5, 5.41) is 31.1. The van der Waals surface area contributed by atoms with E-state index in [4.69, 9.17) is 0 Å². The van der Waals surface area contributed by atoms with Crippen molar-refractivity contribution < 1.29 is 15.0 Å². The lowest BCUT2D eigenvalue weighted by atomic mass is 10.2. The molecule has 0 aromatic heterocycles. The number of rotatable bonds is 5. The molecule has 0 bridgehead atoms. The largest absolute Gasteiger partial charge is 0.502 e. The third kappa shape index (κ3) is 2.47. The number of phenolic OH excluding ortho intramolecular Hbond substituents is 1. The van der Waals surface area contributed by atoms with Gasteiger partial charge in [0.25, 0.3) is 5.69 Å². The van der Waals surface area contributed by atoms with Gasteiger partial charge in [0.05, 0.1) is 15.9 Å². The second kappa shape index (κ2) is 5.30. The maximum Gasteiger partial charge on any atom is 0.317 e. The monoisotopic (exact) mass is 255 g/mol. The topological polar surface area (TPSA) is 110 Å². The van der Waals surface area contributed by atoms with Crippen molar-refractivity contribution in [2.75, 3.05) is 18.0 Å². The lowest BCUT2D eigenvalue weighted by molar-refractivity contribution is -0.394. The van der Waals surface area contributed by atoms with Crippen LogP contribution in [0.4, 0.5) is 17.1 Å². The van der Waals surface area contributed by atoms with Crippen LogP contribution in [0.1, 0.15) is 13.8 Å². The minimum atomic E-state index is -0.853. The van der Waals surface area contributed by atoms with Crippen LogP contribution in [0.3, 0.4) is 0 Å². The first-order valence-electron chi connectivity index (χ1n) is 5.33. The van der Waals surface area contributed by atoms with E-state index in [1.807, 2.05) is 0 Å². The summed E-state index contributed by atoms with van der Waals surface area (Å²) >= 11 is 0. The van der Waals surface area contributed by atoms with Crippen LogP contribution in [0.15, 0.2) is 12.1 Å². The molecule has 98 valence electrons. The molecule has 0 radical (unpaired) electrons. The molecule has 0 atom stereocenters. The summed E-state index contributed by atoms with van der Waals surface area (Å²) < 4.78 is 0. The fourth-order valence-electron chi connectivity index (χ4n) is 1.66. The smallest absolute Gasteiger partial charge is 0.317 e. The molecule has 8 nitrogen and oxygen atoms in total. The van der Waals surface area contributed by atoms with Crippen molar-refractivity contribution in [2.45, 2.75) is 13.8 Å². The van der Waals surface area contributed by atoms with Crippen molar-refractivity contribution in [3.8, 4) is 5.75 Å². The van der Waals surface area contributed by atoms with Gasteiger partial charge in [-0.25, -0.2) is 0 Å². The molecular formula is C10H13N3O5. The Morgan fingerprint density at radius 1 is 1.11 bits per heavy atom. The number of nitrogens with zero attached hydrogens (tertiary/aromatic N) is 3. The van der Waals surface area contributed by atoms with Gasteiger partial charge >= 0.3 is 5.69 Å². The Morgan fingerprint density at radius 3 is 2.00 bits per heavy atom. The molecular weight excluding hydrogens is 242 g/mol. The van der Waals surface area contributed by atoms with E-state index in [0.29, 0.717) is 13.1 Å². The van der Waals surface area contributed by atoms with E-state index in [9.17, 15) is 25.3 Å². The van der Waals surface area contributed by atoms with Gasteiger partial charge in [-0.05, 0) is 13.8 Å². The highest BCUT2D eigenvalue weighted by Gasteiger charge is 2.26. The Balaban J connectivity index is 3.47. The molecule has 18 heavy (non-hydrogen) atoms. The van der Waals surface area contributed by atoms with E-state index >= 15 is 0 Å². The molecule has 0 saturated heterocycles. The van der Waals surface area contributed by atoms with Crippen molar-refractivity contribution in [1.82, 2.24) is 0 Å². The van der Waals surface area contributed by atoms with Crippen LogP contribution >= 0.6 is 0 Å². The average Bonchev–Trinajstić information content (AvgIpc) is 2.29. The van der Waals surface area contributed by atoms with Crippen molar-refractivity contribution in [3.05, 3.63) is 32.4 Å². The summed E-state index contributed by atoms with van der Waals surface area (Å²) in [6.45, 7) is 4.58. The fraction of sp³-hybridized carbons (Fsp3) is 0.400. The van der Waals surface area contributed by atoms with E-state index in [0.717, 1.165) is 12.1 Å². The number of nitro benzene ring substituents is 2. The zero-order valence-electron chi connectivity index (χ0n) is 9.99. The standard InChI is InChI=1S/C10H13N3O5/c1-3-11(4-2)7-6-10(14)9(13(17)18)5-8(7)12(15)16/h5-6,14H,3-4H2,1-2H3. The predicted molar refractivity (Wildman–Crippen MR) is 65.0 cm³/mol. The maximum atomic E-state index is 10.9. The number of hydrogen-bond donors (Lipinski definition) is 1. The Labute approximate surface area is 103 Å². The predicted octanol–water partition coefficient (Wildman–Crippen LogP) is 2.05. The molecule has 0 saturated carbocycles. The van der Waals surface area contributed by atoms with Gasteiger partial charge in [0.1, 0.15) is 5.69 Å². The summed E-state index contributed by atoms with van der Waals surface area (Å²) in [5.74, 6) is -0.576. The van der Waals surface area contributed by atoms with Crippen LogP contribution in [0.25, 0.3) is 0 Å². The molecule has 0 heterocycles. The molecule has 0 aliphatic carbocycles. The highest BCUT2D eigenvalue weighted by atomic mass is 16.6. The maximum absolute atomic E-state index is 10.9. The van der Waals surface area contributed by atoms with Crippen molar-refractivity contribution in [2.24, 2.45) is 0 Å². The third-order valence-corrected chi connectivity index (χ3v) is 2.57. The van der Waals surface area contributed by atoms with Crippen LogP contribution < -0.4 is 4.90 Å². The van der Waals surface area contributed by atoms with E-state index in [-0.39, 0.29) is 11.4 Å². The first-order valence-corrected chi connectivity index (χ1v) is 5.33. The summed E-state index contributed by atoms with van der Waals surface area (Å²) in [5.41, 5.74) is -0.881. The highest BCUT2D eigenvalue weighted by molar-refractivity contribution is 5.71. The normalized spacial score (nSPS) is 10.1. The molecule has 1 rings (SSSR count). The summed E-state index contributed by atoms with van der Waals surface area (Å²) in [6, 6.07) is 1.84. The van der Waals surface area contributed by atoms with Gasteiger partial charge < -0.3 is 10.0 Å². The van der Waals surface area contributed by atoms with E-state index < -0.39 is 21.3 Å². The average molecular weight is 255 g/mol. The zero-order valence-corrected chi connectivity index (χ0v) is 9.99. The van der Waals surface area contributed by atoms with Crippen LogP contribution in [-0.4, -0.2) is 28.0 Å². The zero-order chi connectivity index (χ0) is 13.9. The van der Waals surface area contributed by atoms with Crippen molar-refractivity contribution in [3.63, 3.8) is 0 Å².